The van der Waals surface area contributed by atoms with Crippen LogP contribution in [0.5, 0.6) is 0 Å². The Morgan fingerprint density at radius 1 is 0.460 bits per heavy atom. The highest BCUT2D eigenvalue weighted by molar-refractivity contribution is 6.40. The van der Waals surface area contributed by atoms with Gasteiger partial charge in [-0.05, 0) is 127 Å². The molecule has 4 heterocycles. The largest absolute Gasteiger partial charge is 0.339 e. The average molecular weight is 685 g/mol. The van der Waals surface area contributed by atoms with Crippen LogP contribution in [0.25, 0.3) is 0 Å². The van der Waals surface area contributed by atoms with Crippen molar-refractivity contribution in [3.8, 4) is 0 Å². The maximum Gasteiger partial charge on any atom is 0.175 e. The standard InChI is InChI=1S/C18H24N4O.C12H16N2O2.C8H12N2O/c1-11-8-9-12(2)21(11)19-14(4)15(5)20-22-13(3)10-18(16(22)6)17(7)23;1-7-6-12(11(5)16)9(3)14(7)13-8(2)10(4)15;1-5-4-8(7(3)11)6(2)10(5)9/h8-10H,1-7H3;6H,1-5H3;4H,9H2,1-3H3/b19-14+,20-15+;13-8+;. The molecule has 2 N–H and O–H groups in total. The number of nitrogens with two attached hydrogens (primary N) is 1. The van der Waals surface area contributed by atoms with Gasteiger partial charge in [-0.2, -0.15) is 15.3 Å². The van der Waals surface area contributed by atoms with Gasteiger partial charge in [0.2, 0.25) is 0 Å². The Balaban J connectivity index is 0.000000279. The molecule has 0 aromatic carbocycles. The van der Waals surface area contributed by atoms with E-state index in [0.29, 0.717) is 22.4 Å². The smallest absolute Gasteiger partial charge is 0.175 e. The van der Waals surface area contributed by atoms with E-state index in [1.54, 1.807) is 42.3 Å². The zero-order valence-electron chi connectivity index (χ0n) is 32.2. The number of aromatic nitrogens is 4. The summed E-state index contributed by atoms with van der Waals surface area (Å²) in [5.74, 6) is 5.66. The number of carbonyl (C=O) groups is 4. The number of nitrogens with zero attached hydrogens (tertiary/aromatic N) is 7. The van der Waals surface area contributed by atoms with E-state index in [2.05, 4.69) is 15.3 Å². The van der Waals surface area contributed by atoms with Gasteiger partial charge in [0.05, 0.1) is 11.4 Å². The summed E-state index contributed by atoms with van der Waals surface area (Å²) in [6.45, 7) is 26.9. The number of hydrogen-bond acceptors (Lipinski definition) is 8. The van der Waals surface area contributed by atoms with E-state index in [9.17, 15) is 19.2 Å². The molecular formula is C38H52N8O4. The molecule has 0 unspecified atom stereocenters. The molecule has 0 bridgehead atoms. The summed E-state index contributed by atoms with van der Waals surface area (Å²) in [5, 5.41) is 13.5. The molecule has 0 spiro atoms. The number of carbonyl (C=O) groups excluding carboxylic acids is 4. The lowest BCUT2D eigenvalue weighted by molar-refractivity contribution is -0.111. The molecule has 12 nitrogen and oxygen atoms in total. The minimum atomic E-state index is -0.0723. The van der Waals surface area contributed by atoms with Gasteiger partial charge < -0.3 is 5.84 Å². The first-order chi connectivity index (χ1) is 23.1. The summed E-state index contributed by atoms with van der Waals surface area (Å²) >= 11 is 0. The Morgan fingerprint density at radius 2 is 0.780 bits per heavy atom. The third-order valence-electron chi connectivity index (χ3n) is 8.43. The summed E-state index contributed by atoms with van der Waals surface area (Å²) in [5.41, 5.74) is 11.5. The summed E-state index contributed by atoms with van der Waals surface area (Å²) in [6.07, 6.45) is 0. The van der Waals surface area contributed by atoms with Gasteiger partial charge in [-0.15, -0.1) is 0 Å². The molecule has 0 fully saturated rings. The number of ketones is 4. The molecule has 4 aromatic rings. The molecule has 0 aliphatic rings. The maximum absolute atomic E-state index is 11.6. The van der Waals surface area contributed by atoms with Crippen LogP contribution in [0, 0.1) is 55.4 Å². The van der Waals surface area contributed by atoms with Gasteiger partial charge in [0.1, 0.15) is 5.71 Å². The molecule has 50 heavy (non-hydrogen) atoms. The first-order valence-corrected chi connectivity index (χ1v) is 16.3. The zero-order chi connectivity index (χ0) is 38.4. The van der Waals surface area contributed by atoms with E-state index in [1.807, 2.05) is 92.1 Å². The van der Waals surface area contributed by atoms with Gasteiger partial charge in [0.25, 0.3) is 0 Å². The van der Waals surface area contributed by atoms with Crippen molar-refractivity contribution in [1.29, 1.82) is 0 Å². The van der Waals surface area contributed by atoms with Crippen molar-refractivity contribution >= 4 is 40.3 Å². The number of rotatable bonds is 8. The molecule has 0 saturated carbocycles. The third kappa shape index (κ3) is 9.61. The van der Waals surface area contributed by atoms with Gasteiger partial charge in [0.15, 0.2) is 23.1 Å². The lowest BCUT2D eigenvalue weighted by atomic mass is 10.2. The summed E-state index contributed by atoms with van der Waals surface area (Å²) in [6, 6.07) is 9.54. The van der Waals surface area contributed by atoms with Gasteiger partial charge in [-0.25, -0.2) is 14.0 Å². The van der Waals surface area contributed by atoms with Crippen LogP contribution in [0.15, 0.2) is 45.6 Å². The van der Waals surface area contributed by atoms with E-state index >= 15 is 0 Å². The number of Topliss-reactive ketones (excluding diaryl/α,β-unsaturated/α-hetero) is 4. The Kier molecular flexibility index (Phi) is 13.7. The van der Waals surface area contributed by atoms with Gasteiger partial charge in [-0.3, -0.25) is 23.9 Å². The van der Waals surface area contributed by atoms with Crippen molar-refractivity contribution in [3.05, 3.63) is 92.6 Å². The Morgan fingerprint density at radius 3 is 1.06 bits per heavy atom. The van der Waals surface area contributed by atoms with Crippen LogP contribution >= 0.6 is 0 Å². The minimum absolute atomic E-state index is 0.00929. The monoisotopic (exact) mass is 684 g/mol. The lowest BCUT2D eigenvalue weighted by Gasteiger charge is -2.07. The highest BCUT2D eigenvalue weighted by Crippen LogP contribution is 2.17. The molecule has 268 valence electrons. The number of hydrogen-bond donors (Lipinski definition) is 1. The molecule has 12 heteroatoms. The quantitative estimate of drug-likeness (QED) is 0.120. The Bertz CT molecular complexity index is 2020. The highest BCUT2D eigenvalue weighted by Gasteiger charge is 2.14. The van der Waals surface area contributed by atoms with Crippen LogP contribution < -0.4 is 5.84 Å². The van der Waals surface area contributed by atoms with Crippen LogP contribution in [-0.4, -0.2) is 59.0 Å². The van der Waals surface area contributed by atoms with E-state index in [-0.39, 0.29) is 23.1 Å². The minimum Gasteiger partial charge on any atom is -0.339 e. The summed E-state index contributed by atoms with van der Waals surface area (Å²) in [4.78, 5) is 45.0. The zero-order valence-corrected chi connectivity index (χ0v) is 32.2. The van der Waals surface area contributed by atoms with Crippen molar-refractivity contribution in [1.82, 2.24) is 18.7 Å². The molecule has 0 saturated heterocycles. The predicted molar refractivity (Wildman–Crippen MR) is 202 cm³/mol. The predicted octanol–water partition coefficient (Wildman–Crippen LogP) is 7.02. The van der Waals surface area contributed by atoms with E-state index < -0.39 is 0 Å². The maximum atomic E-state index is 11.6. The highest BCUT2D eigenvalue weighted by atomic mass is 16.1. The van der Waals surface area contributed by atoms with E-state index in [0.717, 1.165) is 57.0 Å². The van der Waals surface area contributed by atoms with Crippen LogP contribution in [0.4, 0.5) is 0 Å². The molecule has 4 aromatic heterocycles. The van der Waals surface area contributed by atoms with Crippen molar-refractivity contribution in [2.24, 2.45) is 15.3 Å². The van der Waals surface area contributed by atoms with Gasteiger partial charge in [-0.1, -0.05) is 0 Å². The fraction of sp³-hybridized carbons (Fsp3) is 0.395. The second-order valence-corrected chi connectivity index (χ2v) is 12.6. The van der Waals surface area contributed by atoms with Crippen molar-refractivity contribution in [3.63, 3.8) is 0 Å². The lowest BCUT2D eigenvalue weighted by Crippen LogP contribution is -2.12. The second kappa shape index (κ2) is 16.8. The first-order valence-electron chi connectivity index (χ1n) is 16.3. The van der Waals surface area contributed by atoms with Crippen LogP contribution in [0.3, 0.4) is 0 Å². The molecule has 0 amide bonds. The third-order valence-corrected chi connectivity index (χ3v) is 8.43. The van der Waals surface area contributed by atoms with Gasteiger partial charge >= 0.3 is 0 Å². The second-order valence-electron chi connectivity index (χ2n) is 12.6. The Hall–Kier alpha value is -5.39. The topological polar surface area (TPSA) is 151 Å². The molecule has 0 radical (unpaired) electrons. The molecule has 4 rings (SSSR count). The number of aryl methyl sites for hydroxylation is 5. The van der Waals surface area contributed by atoms with Crippen molar-refractivity contribution in [2.45, 2.75) is 104 Å². The first kappa shape index (κ1) is 40.8. The molecule has 0 aliphatic heterocycles. The fourth-order valence-electron chi connectivity index (χ4n) is 5.14. The molecule has 0 aliphatic carbocycles. The van der Waals surface area contributed by atoms with E-state index in [1.165, 1.54) is 18.5 Å². The Labute approximate surface area is 295 Å². The van der Waals surface area contributed by atoms with Crippen molar-refractivity contribution < 1.29 is 19.2 Å². The molecule has 0 atom stereocenters. The van der Waals surface area contributed by atoms with E-state index in [4.69, 9.17) is 5.84 Å². The van der Waals surface area contributed by atoms with Gasteiger partial charge in [0, 0.05) is 69.2 Å². The number of nitrogen functional groups attached to an aromatic ring is 1. The summed E-state index contributed by atoms with van der Waals surface area (Å²) < 4.78 is 6.87. The summed E-state index contributed by atoms with van der Waals surface area (Å²) in [7, 11) is 0. The SMILES string of the molecule is CC(=O)/C(C)=N/n1c(C)cc(C(C)=O)c1C.CC(=O)c1cc(C)n(/N=C(C)/C(C)=N/n2c(C)ccc2C)c1C.CC(=O)c1cc(C)n(N)c1C. The molecular weight excluding hydrogens is 632 g/mol. The van der Waals surface area contributed by atoms with Crippen LogP contribution in [0.1, 0.15) is 125 Å². The fourth-order valence-corrected chi connectivity index (χ4v) is 5.14. The normalized spacial score (nSPS) is 11.9. The van der Waals surface area contributed by atoms with Crippen LogP contribution in [-0.2, 0) is 4.79 Å². The average Bonchev–Trinajstić information content (AvgIpc) is 3.69. The van der Waals surface area contributed by atoms with Crippen molar-refractivity contribution in [2.75, 3.05) is 5.84 Å². The van der Waals surface area contributed by atoms with Crippen LogP contribution in [0.2, 0.25) is 0 Å².